The van der Waals surface area contributed by atoms with E-state index in [0.717, 1.165) is 18.5 Å². The van der Waals surface area contributed by atoms with Gasteiger partial charge in [-0.05, 0) is 45.3 Å². The molecular weight excluding hydrogens is 290 g/mol. The first-order valence-electron chi connectivity index (χ1n) is 7.78. The molecule has 0 saturated heterocycles. The van der Waals surface area contributed by atoms with Gasteiger partial charge in [-0.15, -0.1) is 0 Å². The zero-order valence-corrected chi connectivity index (χ0v) is 13.5. The first-order valence-corrected chi connectivity index (χ1v) is 7.78. The fourth-order valence-corrected chi connectivity index (χ4v) is 2.74. The maximum atomic E-state index is 12.7. The second-order valence-corrected chi connectivity index (χ2v) is 5.83. The zero-order chi connectivity index (χ0) is 16.2. The van der Waals surface area contributed by atoms with Crippen LogP contribution in [0.4, 0.5) is 5.82 Å². The van der Waals surface area contributed by atoms with Gasteiger partial charge in [-0.3, -0.25) is 9.69 Å². The minimum Gasteiger partial charge on any atom is -0.353 e. The van der Waals surface area contributed by atoms with E-state index in [2.05, 4.69) is 9.88 Å². The summed E-state index contributed by atoms with van der Waals surface area (Å²) < 4.78 is 6.06. The molecule has 5 nitrogen and oxygen atoms in total. The summed E-state index contributed by atoms with van der Waals surface area (Å²) >= 11 is 0. The quantitative estimate of drug-likeness (QED) is 0.770. The first kappa shape index (κ1) is 15.6. The molecule has 0 saturated carbocycles. The number of aromatic nitrogens is 1. The Balaban J connectivity index is 1.84. The number of carbonyl (C=O) groups excluding carboxylic acids is 1. The summed E-state index contributed by atoms with van der Waals surface area (Å²) in [5, 5.41) is 0. The fourth-order valence-electron chi connectivity index (χ4n) is 2.74. The summed E-state index contributed by atoms with van der Waals surface area (Å²) in [7, 11) is 4.07. The van der Waals surface area contributed by atoms with Crippen LogP contribution < -0.4 is 4.90 Å². The summed E-state index contributed by atoms with van der Waals surface area (Å²) in [6.45, 7) is 1.54. The van der Waals surface area contributed by atoms with E-state index in [-0.39, 0.29) is 5.91 Å². The molecule has 23 heavy (non-hydrogen) atoms. The number of pyridine rings is 1. The second kappa shape index (κ2) is 6.89. The highest BCUT2D eigenvalue weighted by Crippen LogP contribution is 2.37. The van der Waals surface area contributed by atoms with Crippen molar-refractivity contribution in [2.45, 2.75) is 12.6 Å². The summed E-state index contributed by atoms with van der Waals surface area (Å²) in [6.07, 6.45) is 2.20. The Morgan fingerprint density at radius 2 is 1.96 bits per heavy atom. The summed E-state index contributed by atoms with van der Waals surface area (Å²) in [5.41, 5.74) is 1.60. The molecule has 1 atom stereocenters. The number of nitrogens with zero attached hydrogens (tertiary/aromatic N) is 3. The Labute approximate surface area is 136 Å². The maximum absolute atomic E-state index is 12.7. The number of hydrogen-bond acceptors (Lipinski definition) is 4. The average Bonchev–Trinajstić information content (AvgIpc) is 2.85. The van der Waals surface area contributed by atoms with Crippen LogP contribution in [0.25, 0.3) is 0 Å². The number of rotatable bonds is 6. The molecule has 0 aliphatic carbocycles. The van der Waals surface area contributed by atoms with Crippen LogP contribution in [0.5, 0.6) is 0 Å². The van der Waals surface area contributed by atoms with Crippen LogP contribution in [0, 0.1) is 0 Å². The van der Waals surface area contributed by atoms with Crippen LogP contribution in [0.1, 0.15) is 28.6 Å². The highest BCUT2D eigenvalue weighted by atomic mass is 16.5. The molecule has 3 rings (SSSR count). The molecule has 0 fully saturated rings. The molecule has 5 heteroatoms. The molecular formula is C18H21N3O2. The van der Waals surface area contributed by atoms with Gasteiger partial charge in [0.05, 0.1) is 6.61 Å². The van der Waals surface area contributed by atoms with Crippen molar-refractivity contribution in [2.24, 2.45) is 0 Å². The van der Waals surface area contributed by atoms with Gasteiger partial charge in [0.15, 0.2) is 6.23 Å². The smallest absolute Gasteiger partial charge is 0.262 e. The third-order valence-electron chi connectivity index (χ3n) is 3.83. The Morgan fingerprint density at radius 3 is 2.70 bits per heavy atom. The predicted octanol–water partition coefficient (Wildman–Crippen LogP) is 2.71. The molecule has 1 aliphatic rings. The molecule has 1 aromatic heterocycles. The van der Waals surface area contributed by atoms with Crippen molar-refractivity contribution in [1.29, 1.82) is 0 Å². The lowest BCUT2D eigenvalue weighted by atomic mass is 10.1. The number of hydrogen-bond donors (Lipinski definition) is 0. The normalized spacial score (nSPS) is 16.9. The van der Waals surface area contributed by atoms with Crippen LogP contribution >= 0.6 is 0 Å². The van der Waals surface area contributed by atoms with E-state index in [0.29, 0.717) is 18.0 Å². The van der Waals surface area contributed by atoms with Crippen LogP contribution in [0.15, 0.2) is 48.7 Å². The molecule has 1 unspecified atom stereocenters. The van der Waals surface area contributed by atoms with Crippen molar-refractivity contribution in [1.82, 2.24) is 9.88 Å². The van der Waals surface area contributed by atoms with E-state index in [4.69, 9.17) is 4.74 Å². The van der Waals surface area contributed by atoms with Crippen molar-refractivity contribution in [3.8, 4) is 0 Å². The van der Waals surface area contributed by atoms with Crippen LogP contribution in [-0.2, 0) is 4.74 Å². The van der Waals surface area contributed by atoms with Gasteiger partial charge in [0.1, 0.15) is 5.82 Å². The summed E-state index contributed by atoms with van der Waals surface area (Å²) in [4.78, 5) is 20.8. The third kappa shape index (κ3) is 3.25. The van der Waals surface area contributed by atoms with Crippen molar-refractivity contribution in [3.05, 3.63) is 59.8 Å². The summed E-state index contributed by atoms with van der Waals surface area (Å²) in [5.74, 6) is 0.559. The van der Waals surface area contributed by atoms with Gasteiger partial charge < -0.3 is 9.64 Å². The lowest BCUT2D eigenvalue weighted by molar-refractivity contribution is 0.0479. The number of anilines is 1. The minimum absolute atomic E-state index is 0.0584. The third-order valence-corrected chi connectivity index (χ3v) is 3.83. The molecule has 0 N–H and O–H groups in total. The SMILES string of the molecule is CN(C)CCCOC1c2ccccc2C(=O)N1c1ccccn1. The van der Waals surface area contributed by atoms with Crippen molar-refractivity contribution >= 4 is 11.7 Å². The van der Waals surface area contributed by atoms with Gasteiger partial charge in [0, 0.05) is 17.3 Å². The number of fused-ring (bicyclic) bond motifs is 1. The second-order valence-electron chi connectivity index (χ2n) is 5.83. The maximum Gasteiger partial charge on any atom is 0.262 e. The Morgan fingerprint density at radius 1 is 1.17 bits per heavy atom. The molecule has 0 spiro atoms. The van der Waals surface area contributed by atoms with Gasteiger partial charge in [-0.1, -0.05) is 24.3 Å². The Hall–Kier alpha value is -2.24. The monoisotopic (exact) mass is 311 g/mol. The highest BCUT2D eigenvalue weighted by molar-refractivity contribution is 6.10. The number of amides is 1. The molecule has 1 aliphatic heterocycles. The van der Waals surface area contributed by atoms with Gasteiger partial charge in [0.2, 0.25) is 0 Å². The van der Waals surface area contributed by atoms with E-state index < -0.39 is 6.23 Å². The topological polar surface area (TPSA) is 45.7 Å². The molecule has 2 aromatic rings. The van der Waals surface area contributed by atoms with Crippen LogP contribution in [-0.4, -0.2) is 43.0 Å². The van der Waals surface area contributed by atoms with Crippen LogP contribution in [0.2, 0.25) is 0 Å². The van der Waals surface area contributed by atoms with Crippen molar-refractivity contribution < 1.29 is 9.53 Å². The van der Waals surface area contributed by atoms with E-state index in [1.54, 1.807) is 11.1 Å². The van der Waals surface area contributed by atoms with Crippen molar-refractivity contribution in [3.63, 3.8) is 0 Å². The largest absolute Gasteiger partial charge is 0.353 e. The van der Waals surface area contributed by atoms with E-state index in [1.807, 2.05) is 56.6 Å². The molecule has 1 aromatic carbocycles. The number of benzene rings is 1. The van der Waals surface area contributed by atoms with Gasteiger partial charge in [0.25, 0.3) is 5.91 Å². The minimum atomic E-state index is -0.407. The zero-order valence-electron chi connectivity index (χ0n) is 13.5. The van der Waals surface area contributed by atoms with Gasteiger partial charge >= 0.3 is 0 Å². The Bertz CT molecular complexity index is 673. The standard InChI is InChI=1S/C18H21N3O2/c1-20(2)12-7-13-23-18-15-9-4-3-8-14(15)17(22)21(18)16-10-5-6-11-19-16/h3-6,8-11,18H,7,12-13H2,1-2H3. The molecule has 120 valence electrons. The van der Waals surface area contributed by atoms with E-state index in [1.165, 1.54) is 0 Å². The molecule has 0 radical (unpaired) electrons. The van der Waals surface area contributed by atoms with Crippen molar-refractivity contribution in [2.75, 3.05) is 32.1 Å². The predicted molar refractivity (Wildman–Crippen MR) is 89.4 cm³/mol. The molecule has 2 heterocycles. The lowest BCUT2D eigenvalue weighted by Gasteiger charge is -2.24. The highest BCUT2D eigenvalue weighted by Gasteiger charge is 2.38. The Kier molecular flexibility index (Phi) is 4.69. The average molecular weight is 311 g/mol. The molecule has 0 bridgehead atoms. The van der Waals surface area contributed by atoms with Crippen LogP contribution in [0.3, 0.4) is 0 Å². The van der Waals surface area contributed by atoms with Gasteiger partial charge in [-0.25, -0.2) is 4.98 Å². The van der Waals surface area contributed by atoms with E-state index in [9.17, 15) is 4.79 Å². The fraction of sp³-hybridized carbons (Fsp3) is 0.333. The lowest BCUT2D eigenvalue weighted by Crippen LogP contribution is -2.30. The first-order chi connectivity index (χ1) is 11.2. The molecule has 1 amide bonds. The van der Waals surface area contributed by atoms with E-state index >= 15 is 0 Å². The number of ether oxygens (including phenoxy) is 1. The number of carbonyl (C=O) groups is 1. The van der Waals surface area contributed by atoms with Gasteiger partial charge in [-0.2, -0.15) is 0 Å². The summed E-state index contributed by atoms with van der Waals surface area (Å²) in [6, 6.07) is 13.2.